The summed E-state index contributed by atoms with van der Waals surface area (Å²) < 4.78 is 19.8. The predicted octanol–water partition coefficient (Wildman–Crippen LogP) is 5.97. The maximum atomic E-state index is 6.70. The van der Waals surface area contributed by atoms with Gasteiger partial charge in [0.2, 0.25) is 11.1 Å². The summed E-state index contributed by atoms with van der Waals surface area (Å²) >= 11 is 1.52. The summed E-state index contributed by atoms with van der Waals surface area (Å²) in [4.78, 5) is 4.76. The van der Waals surface area contributed by atoms with Crippen molar-refractivity contribution in [2.45, 2.75) is 24.2 Å². The molecule has 0 saturated heterocycles. The molecule has 0 fully saturated rings. The highest BCUT2D eigenvalue weighted by atomic mass is 32.2. The average molecular weight is 499 g/mol. The quantitative estimate of drug-likeness (QED) is 0.329. The molecular formula is C28H26N4O3S. The van der Waals surface area contributed by atoms with E-state index in [0.29, 0.717) is 17.7 Å². The van der Waals surface area contributed by atoms with E-state index in [1.165, 1.54) is 11.8 Å². The normalized spacial score (nSPS) is 17.9. The molecule has 0 saturated carbocycles. The lowest BCUT2D eigenvalue weighted by Gasteiger charge is -2.39. The number of benzene rings is 3. The zero-order chi connectivity index (χ0) is 24.6. The van der Waals surface area contributed by atoms with Crippen molar-refractivity contribution < 1.29 is 14.2 Å². The van der Waals surface area contributed by atoms with Gasteiger partial charge in [-0.1, -0.05) is 48.2 Å². The maximum Gasteiger partial charge on any atom is 0.227 e. The Balaban J connectivity index is 1.56. The summed E-state index contributed by atoms with van der Waals surface area (Å²) in [5, 5.41) is 9.15. The molecular weight excluding hydrogens is 472 g/mol. The average Bonchev–Trinajstić information content (AvgIpc) is 3.35. The molecule has 7 nitrogen and oxygen atoms in total. The summed E-state index contributed by atoms with van der Waals surface area (Å²) in [6, 6.07) is 24.2. The van der Waals surface area contributed by atoms with Gasteiger partial charge in [0, 0.05) is 11.1 Å². The monoisotopic (exact) mass is 498 g/mol. The molecule has 0 spiro atoms. The van der Waals surface area contributed by atoms with E-state index in [-0.39, 0.29) is 12.1 Å². The second-order valence-electron chi connectivity index (χ2n) is 8.49. The molecule has 8 heteroatoms. The van der Waals surface area contributed by atoms with E-state index in [1.54, 1.807) is 7.11 Å². The van der Waals surface area contributed by atoms with Crippen molar-refractivity contribution in [2.24, 2.45) is 0 Å². The van der Waals surface area contributed by atoms with Crippen LogP contribution in [0.2, 0.25) is 0 Å². The van der Waals surface area contributed by atoms with Crippen molar-refractivity contribution in [2.75, 3.05) is 25.3 Å². The summed E-state index contributed by atoms with van der Waals surface area (Å²) in [5.74, 6) is 3.18. The Labute approximate surface area is 214 Å². The van der Waals surface area contributed by atoms with Gasteiger partial charge in [0.15, 0.2) is 0 Å². The first-order chi connectivity index (χ1) is 17.7. The Hall–Kier alpha value is -3.91. The van der Waals surface area contributed by atoms with Gasteiger partial charge in [0.05, 0.1) is 19.4 Å². The maximum absolute atomic E-state index is 6.70. The van der Waals surface area contributed by atoms with Crippen LogP contribution >= 0.6 is 11.8 Å². The van der Waals surface area contributed by atoms with Crippen LogP contribution < -0.4 is 19.5 Å². The Morgan fingerprint density at radius 2 is 1.69 bits per heavy atom. The highest BCUT2D eigenvalue weighted by molar-refractivity contribution is 7.98. The molecule has 6 rings (SSSR count). The van der Waals surface area contributed by atoms with E-state index < -0.39 is 0 Å². The zero-order valence-corrected chi connectivity index (χ0v) is 21.1. The summed E-state index contributed by atoms with van der Waals surface area (Å²) in [7, 11) is 1.67. The first kappa shape index (κ1) is 22.5. The van der Waals surface area contributed by atoms with Crippen LogP contribution in [0.4, 0.5) is 5.95 Å². The molecule has 0 unspecified atom stereocenters. The number of fused-ring (bicyclic) bond motifs is 3. The number of rotatable bonds is 6. The number of hydrogen-bond donors (Lipinski definition) is 1. The fourth-order valence-corrected chi connectivity index (χ4v) is 5.18. The van der Waals surface area contributed by atoms with Crippen molar-refractivity contribution in [1.29, 1.82) is 0 Å². The van der Waals surface area contributed by atoms with Gasteiger partial charge in [-0.05, 0) is 60.7 Å². The topological polar surface area (TPSA) is 70.4 Å². The van der Waals surface area contributed by atoms with E-state index in [2.05, 4.69) is 35.6 Å². The van der Waals surface area contributed by atoms with Crippen LogP contribution in [-0.4, -0.2) is 34.7 Å². The predicted molar refractivity (Wildman–Crippen MR) is 141 cm³/mol. The van der Waals surface area contributed by atoms with Gasteiger partial charge in [-0.3, -0.25) is 0 Å². The first-order valence-corrected chi connectivity index (χ1v) is 13.1. The van der Waals surface area contributed by atoms with Crippen molar-refractivity contribution in [1.82, 2.24) is 14.8 Å². The molecule has 0 bridgehead atoms. The lowest BCUT2D eigenvalue weighted by Crippen LogP contribution is -2.32. The summed E-state index contributed by atoms with van der Waals surface area (Å²) in [6.45, 7) is 2.61. The van der Waals surface area contributed by atoms with E-state index in [1.807, 2.05) is 60.3 Å². The van der Waals surface area contributed by atoms with Crippen LogP contribution in [0.5, 0.6) is 17.2 Å². The first-order valence-electron chi connectivity index (χ1n) is 11.8. The fraction of sp³-hybridized carbons (Fsp3) is 0.214. The standard InChI is InChI=1S/C28H26N4O3S/c1-4-34-20-15-11-18(12-16-20)26-23-24(21-7-5-6-8-22(21)35-26)29-27-30-28(36-3)31-32(27)25(23)17-9-13-19(33-2)14-10-17/h5-16,25-26H,4H2,1-3H3,(H,29,30,31)/t25-,26+/m1/s1. The molecule has 36 heavy (non-hydrogen) atoms. The van der Waals surface area contributed by atoms with Crippen LogP contribution in [0.3, 0.4) is 0 Å². The molecule has 4 aromatic rings. The van der Waals surface area contributed by atoms with Crippen molar-refractivity contribution in [3.63, 3.8) is 0 Å². The van der Waals surface area contributed by atoms with E-state index >= 15 is 0 Å². The Morgan fingerprint density at radius 3 is 2.42 bits per heavy atom. The molecule has 0 amide bonds. The third kappa shape index (κ3) is 3.78. The van der Waals surface area contributed by atoms with Crippen molar-refractivity contribution in [3.8, 4) is 17.2 Å². The number of aromatic nitrogens is 3. The van der Waals surface area contributed by atoms with Gasteiger partial charge in [0.25, 0.3) is 0 Å². The van der Waals surface area contributed by atoms with Gasteiger partial charge in [-0.15, -0.1) is 5.10 Å². The Kier molecular flexibility index (Phi) is 5.81. The molecule has 182 valence electrons. The summed E-state index contributed by atoms with van der Waals surface area (Å²) in [5.41, 5.74) is 5.20. The smallest absolute Gasteiger partial charge is 0.227 e. The fourth-order valence-electron chi connectivity index (χ4n) is 4.83. The molecule has 0 radical (unpaired) electrons. The minimum atomic E-state index is -0.333. The lowest BCUT2D eigenvalue weighted by molar-refractivity contribution is 0.222. The van der Waals surface area contributed by atoms with Gasteiger partial charge >= 0.3 is 0 Å². The molecule has 2 atom stereocenters. The van der Waals surface area contributed by atoms with E-state index in [0.717, 1.165) is 45.2 Å². The van der Waals surface area contributed by atoms with Gasteiger partial charge in [-0.2, -0.15) is 4.98 Å². The van der Waals surface area contributed by atoms with Gasteiger partial charge < -0.3 is 19.5 Å². The van der Waals surface area contributed by atoms with Crippen LogP contribution in [0.15, 0.2) is 83.5 Å². The highest BCUT2D eigenvalue weighted by Crippen LogP contribution is 2.51. The number of nitrogens with one attached hydrogen (secondary N) is 1. The number of thioether (sulfide) groups is 1. The summed E-state index contributed by atoms with van der Waals surface area (Å²) in [6.07, 6.45) is 1.65. The number of anilines is 1. The Morgan fingerprint density at radius 1 is 0.972 bits per heavy atom. The third-order valence-corrected chi connectivity index (χ3v) is 7.01. The SMILES string of the molecule is CCOc1ccc([C@@H]2Oc3ccccc3C3=C2[C@@H](c2ccc(OC)cc2)n2nc(SC)nc2N3)cc1. The zero-order valence-electron chi connectivity index (χ0n) is 20.3. The number of nitrogens with zero attached hydrogens (tertiary/aromatic N) is 3. The Bertz CT molecular complexity index is 1430. The number of ether oxygens (including phenoxy) is 3. The van der Waals surface area contributed by atoms with Crippen LogP contribution in [0.1, 0.15) is 35.8 Å². The third-order valence-electron chi connectivity index (χ3n) is 6.47. The van der Waals surface area contributed by atoms with E-state index in [4.69, 9.17) is 24.3 Å². The molecule has 3 heterocycles. The van der Waals surface area contributed by atoms with E-state index in [9.17, 15) is 0 Å². The highest BCUT2D eigenvalue weighted by Gasteiger charge is 2.41. The lowest BCUT2D eigenvalue weighted by atomic mass is 9.84. The minimum Gasteiger partial charge on any atom is -0.497 e. The molecule has 3 aromatic carbocycles. The van der Waals surface area contributed by atoms with Crippen LogP contribution in [0.25, 0.3) is 5.70 Å². The van der Waals surface area contributed by atoms with Crippen LogP contribution in [-0.2, 0) is 0 Å². The van der Waals surface area contributed by atoms with Gasteiger partial charge in [0.1, 0.15) is 29.4 Å². The minimum absolute atomic E-state index is 0.222. The largest absolute Gasteiger partial charge is 0.497 e. The van der Waals surface area contributed by atoms with Crippen molar-refractivity contribution in [3.05, 3.63) is 95.1 Å². The molecule has 1 N–H and O–H groups in total. The number of hydrogen-bond acceptors (Lipinski definition) is 7. The number of methoxy groups -OCH3 is 1. The molecule has 1 aromatic heterocycles. The van der Waals surface area contributed by atoms with Gasteiger partial charge in [-0.25, -0.2) is 4.68 Å². The second-order valence-corrected chi connectivity index (χ2v) is 9.27. The molecule has 2 aliphatic heterocycles. The number of para-hydroxylation sites is 1. The molecule has 2 aliphatic rings. The van der Waals surface area contributed by atoms with Crippen molar-refractivity contribution >= 4 is 23.4 Å². The second kappa shape index (κ2) is 9.28. The van der Waals surface area contributed by atoms with Crippen LogP contribution in [0, 0.1) is 0 Å². The molecule has 0 aliphatic carbocycles.